The summed E-state index contributed by atoms with van der Waals surface area (Å²) >= 11 is 0. The molecule has 2 unspecified atom stereocenters. The molecule has 0 heterocycles. The molecule has 3 N–H and O–H groups in total. The van der Waals surface area contributed by atoms with Crippen molar-refractivity contribution in [1.29, 1.82) is 0 Å². The summed E-state index contributed by atoms with van der Waals surface area (Å²) in [5.74, 6) is -0.00650. The molecule has 0 rings (SSSR count). The predicted molar refractivity (Wildman–Crippen MR) is 384 cm³/mol. The standard InChI is InChI=1S/C81H157NO5/c1-3-5-7-9-11-13-15-17-19-21-38-43-47-51-55-59-63-67-71-75-81(86)87-76-72-68-64-60-56-52-48-44-40-37-35-33-31-29-27-25-23-24-26-28-30-32-34-36-39-42-46-50-54-58-62-66-70-74-80(85)82-78(77-83)79(84)73-69-65-61-57-53-49-45-41-22-20-18-16-14-12-10-8-6-4-2/h11,13,17,19,78-79,83-84H,3-10,12,14-16,18,20-77H2,1-2H3,(H,82,85)/b13-11-,19-17-. The molecule has 0 spiro atoms. The normalized spacial score (nSPS) is 12.6. The average molecular weight is 1230 g/mol. The molecule has 0 saturated carbocycles. The Morgan fingerprint density at radius 3 is 0.897 bits per heavy atom. The van der Waals surface area contributed by atoms with Crippen LogP contribution in [-0.4, -0.2) is 47.4 Å². The second-order valence-electron chi connectivity index (χ2n) is 27.8. The number of allylic oxidation sites excluding steroid dienone is 4. The molecular formula is C81H157NO5. The fraction of sp³-hybridized carbons (Fsp3) is 0.926. The Morgan fingerprint density at radius 1 is 0.322 bits per heavy atom. The molecule has 6 nitrogen and oxygen atoms in total. The number of amides is 1. The lowest BCUT2D eigenvalue weighted by atomic mass is 10.0. The van der Waals surface area contributed by atoms with Crippen molar-refractivity contribution < 1.29 is 24.5 Å². The van der Waals surface area contributed by atoms with Gasteiger partial charge in [0.1, 0.15) is 0 Å². The second kappa shape index (κ2) is 76.8. The zero-order valence-corrected chi connectivity index (χ0v) is 59.3. The topological polar surface area (TPSA) is 95.9 Å². The van der Waals surface area contributed by atoms with Gasteiger partial charge in [0.15, 0.2) is 0 Å². The largest absolute Gasteiger partial charge is 0.466 e. The molecule has 2 atom stereocenters. The molecule has 0 saturated heterocycles. The molecule has 0 aliphatic rings. The Hall–Kier alpha value is -1.66. The third-order valence-corrected chi connectivity index (χ3v) is 19.0. The molecule has 87 heavy (non-hydrogen) atoms. The van der Waals surface area contributed by atoms with Crippen LogP contribution in [0.1, 0.15) is 457 Å². The molecule has 1 amide bonds. The molecule has 516 valence electrons. The summed E-state index contributed by atoms with van der Waals surface area (Å²) in [6.45, 7) is 4.98. The fourth-order valence-electron chi connectivity index (χ4n) is 12.9. The molecule has 0 aliphatic heterocycles. The van der Waals surface area contributed by atoms with E-state index in [9.17, 15) is 19.8 Å². The van der Waals surface area contributed by atoms with E-state index >= 15 is 0 Å². The summed E-state index contributed by atoms with van der Waals surface area (Å²) in [5.41, 5.74) is 0. The lowest BCUT2D eigenvalue weighted by Crippen LogP contribution is -2.45. The van der Waals surface area contributed by atoms with E-state index in [1.54, 1.807) is 0 Å². The maximum atomic E-state index is 12.5. The van der Waals surface area contributed by atoms with Gasteiger partial charge in [0.05, 0.1) is 25.4 Å². The first-order chi connectivity index (χ1) is 43.0. The number of esters is 1. The van der Waals surface area contributed by atoms with E-state index in [4.69, 9.17) is 4.74 Å². The summed E-state index contributed by atoms with van der Waals surface area (Å²) in [7, 11) is 0. The molecule has 0 aromatic carbocycles. The second-order valence-corrected chi connectivity index (χ2v) is 27.8. The molecule has 0 aromatic heterocycles. The van der Waals surface area contributed by atoms with Crippen molar-refractivity contribution in [1.82, 2.24) is 5.32 Å². The van der Waals surface area contributed by atoms with Crippen LogP contribution in [0.2, 0.25) is 0 Å². The number of carbonyl (C=O) groups excluding carboxylic acids is 2. The Bertz CT molecular complexity index is 1360. The van der Waals surface area contributed by atoms with Gasteiger partial charge in [-0.15, -0.1) is 0 Å². The van der Waals surface area contributed by atoms with Crippen LogP contribution in [0.15, 0.2) is 24.3 Å². The van der Waals surface area contributed by atoms with Crippen molar-refractivity contribution in [3.05, 3.63) is 24.3 Å². The van der Waals surface area contributed by atoms with Crippen molar-refractivity contribution in [2.75, 3.05) is 13.2 Å². The van der Waals surface area contributed by atoms with Crippen molar-refractivity contribution in [3.63, 3.8) is 0 Å². The van der Waals surface area contributed by atoms with Crippen LogP contribution in [0, 0.1) is 0 Å². The number of ether oxygens (including phenoxy) is 1. The summed E-state index contributed by atoms with van der Waals surface area (Å²) < 4.78 is 5.52. The van der Waals surface area contributed by atoms with E-state index in [-0.39, 0.29) is 18.5 Å². The Morgan fingerprint density at radius 2 is 0.575 bits per heavy atom. The first-order valence-corrected chi connectivity index (χ1v) is 40.1. The van der Waals surface area contributed by atoms with E-state index in [2.05, 4.69) is 43.5 Å². The minimum atomic E-state index is -0.661. The van der Waals surface area contributed by atoms with Crippen molar-refractivity contribution in [2.24, 2.45) is 0 Å². The van der Waals surface area contributed by atoms with E-state index in [1.165, 1.54) is 379 Å². The first-order valence-electron chi connectivity index (χ1n) is 40.1. The zero-order valence-electron chi connectivity index (χ0n) is 59.3. The smallest absolute Gasteiger partial charge is 0.305 e. The average Bonchev–Trinajstić information content (AvgIpc) is 3.59. The summed E-state index contributed by atoms with van der Waals surface area (Å²) in [6, 6.07) is -0.538. The van der Waals surface area contributed by atoms with Gasteiger partial charge in [0.2, 0.25) is 5.91 Å². The fourth-order valence-corrected chi connectivity index (χ4v) is 12.9. The van der Waals surface area contributed by atoms with Crippen LogP contribution in [-0.2, 0) is 14.3 Å². The van der Waals surface area contributed by atoms with Gasteiger partial charge in [-0.2, -0.15) is 0 Å². The Labute approximate surface area is 545 Å². The molecule has 0 fully saturated rings. The van der Waals surface area contributed by atoms with Gasteiger partial charge in [-0.3, -0.25) is 9.59 Å². The van der Waals surface area contributed by atoms with Crippen LogP contribution in [0.5, 0.6) is 0 Å². The van der Waals surface area contributed by atoms with Gasteiger partial charge >= 0.3 is 5.97 Å². The van der Waals surface area contributed by atoms with Crippen molar-refractivity contribution in [2.45, 2.75) is 469 Å². The monoisotopic (exact) mass is 1220 g/mol. The van der Waals surface area contributed by atoms with E-state index in [1.807, 2.05) is 0 Å². The number of hydrogen-bond acceptors (Lipinski definition) is 5. The van der Waals surface area contributed by atoms with E-state index in [0.717, 1.165) is 44.9 Å². The SMILES string of the molecule is CCCCC/C=C\C/C=C\CCCCCCCCCCCC(=O)OCCCCCCCCCCCCCCCCCCCCCCCCCCCCCCCCCCCC(=O)NC(CO)C(O)CCCCCCCCCCCCCCCCCCCC. The van der Waals surface area contributed by atoms with Gasteiger partial charge in [-0.1, -0.05) is 411 Å². The third kappa shape index (κ3) is 73.3. The van der Waals surface area contributed by atoms with Crippen LogP contribution in [0.25, 0.3) is 0 Å². The van der Waals surface area contributed by atoms with Gasteiger partial charge in [0, 0.05) is 12.8 Å². The van der Waals surface area contributed by atoms with Crippen LogP contribution < -0.4 is 5.32 Å². The maximum Gasteiger partial charge on any atom is 0.305 e. The predicted octanol–water partition coefficient (Wildman–Crippen LogP) is 26.4. The number of aliphatic hydroxyl groups is 2. The lowest BCUT2D eigenvalue weighted by Gasteiger charge is -2.22. The van der Waals surface area contributed by atoms with Gasteiger partial charge in [0.25, 0.3) is 0 Å². The molecule has 0 radical (unpaired) electrons. The van der Waals surface area contributed by atoms with Crippen LogP contribution >= 0.6 is 0 Å². The first kappa shape index (κ1) is 85.3. The number of unbranched alkanes of at least 4 members (excludes halogenated alkanes) is 61. The summed E-state index contributed by atoms with van der Waals surface area (Å²) in [6.07, 6.45) is 98.5. The van der Waals surface area contributed by atoms with Gasteiger partial charge in [-0.05, 0) is 57.8 Å². The highest BCUT2D eigenvalue weighted by Crippen LogP contribution is 2.20. The van der Waals surface area contributed by atoms with E-state index in [0.29, 0.717) is 25.9 Å². The molecule has 0 bridgehead atoms. The van der Waals surface area contributed by atoms with Crippen LogP contribution in [0.4, 0.5) is 0 Å². The highest BCUT2D eigenvalue weighted by molar-refractivity contribution is 5.76. The lowest BCUT2D eigenvalue weighted by molar-refractivity contribution is -0.143. The van der Waals surface area contributed by atoms with Crippen molar-refractivity contribution >= 4 is 11.9 Å². The molecular weight excluding hydrogens is 1070 g/mol. The summed E-state index contributed by atoms with van der Waals surface area (Å²) in [4.78, 5) is 24.7. The number of nitrogens with one attached hydrogen (secondary N) is 1. The number of hydrogen-bond donors (Lipinski definition) is 3. The van der Waals surface area contributed by atoms with Gasteiger partial charge in [-0.25, -0.2) is 0 Å². The van der Waals surface area contributed by atoms with Crippen LogP contribution in [0.3, 0.4) is 0 Å². The van der Waals surface area contributed by atoms with E-state index < -0.39 is 12.1 Å². The van der Waals surface area contributed by atoms with Gasteiger partial charge < -0.3 is 20.3 Å². The minimum Gasteiger partial charge on any atom is -0.466 e. The Balaban J connectivity index is 3.31. The molecule has 0 aromatic rings. The highest BCUT2D eigenvalue weighted by atomic mass is 16.5. The minimum absolute atomic E-state index is 0.0189. The summed E-state index contributed by atoms with van der Waals surface area (Å²) in [5, 5.41) is 23.4. The number of carbonyl (C=O) groups is 2. The quantitative estimate of drug-likeness (QED) is 0.0320. The number of aliphatic hydroxyl groups excluding tert-OH is 2. The zero-order chi connectivity index (χ0) is 62.8. The Kier molecular flexibility index (Phi) is 75.3. The third-order valence-electron chi connectivity index (χ3n) is 19.0. The molecule has 0 aliphatic carbocycles. The highest BCUT2D eigenvalue weighted by Gasteiger charge is 2.20. The molecule has 6 heteroatoms. The number of rotatable bonds is 76. The van der Waals surface area contributed by atoms with Crippen molar-refractivity contribution in [3.8, 4) is 0 Å². The maximum absolute atomic E-state index is 12.5.